The molecule has 0 aromatic carbocycles. The maximum Gasteiger partial charge on any atom is -0.00257 e. The van der Waals surface area contributed by atoms with Crippen LogP contribution in [0, 0.1) is 0 Å². The number of nitrogens with two attached hydrogens (primary N) is 1. The molecule has 1 heteroatoms. The standard InChI is InChI=1S/C14H17N/c1-3-4-7-14-9-8-13(6-5-10-15)11-12(14)2/h3-10H,2,11,15H2,1H3/b4-3-,10-5-,13-6-,14-7-. The van der Waals surface area contributed by atoms with Crippen LogP contribution in [0.1, 0.15) is 13.3 Å². The van der Waals surface area contributed by atoms with Crippen LogP contribution in [0.2, 0.25) is 0 Å². The van der Waals surface area contributed by atoms with Gasteiger partial charge < -0.3 is 5.73 Å². The Morgan fingerprint density at radius 2 is 2.07 bits per heavy atom. The van der Waals surface area contributed by atoms with E-state index in [0.717, 1.165) is 12.0 Å². The Morgan fingerprint density at radius 3 is 2.67 bits per heavy atom. The summed E-state index contributed by atoms with van der Waals surface area (Å²) in [6.45, 7) is 6.06. The highest BCUT2D eigenvalue weighted by Crippen LogP contribution is 2.25. The lowest BCUT2D eigenvalue weighted by molar-refractivity contribution is 1.16. The maximum absolute atomic E-state index is 5.28. The van der Waals surface area contributed by atoms with E-state index in [1.165, 1.54) is 17.3 Å². The second kappa shape index (κ2) is 5.86. The van der Waals surface area contributed by atoms with Crippen molar-refractivity contribution in [2.24, 2.45) is 5.73 Å². The minimum Gasteiger partial charge on any atom is -0.405 e. The van der Waals surface area contributed by atoms with Crippen LogP contribution in [0.4, 0.5) is 0 Å². The topological polar surface area (TPSA) is 26.0 Å². The Balaban J connectivity index is 2.84. The highest BCUT2D eigenvalue weighted by molar-refractivity contribution is 5.50. The quantitative estimate of drug-likeness (QED) is 0.724. The average Bonchev–Trinajstić information content (AvgIpc) is 2.25. The lowest BCUT2D eigenvalue weighted by Crippen LogP contribution is -1.94. The molecule has 0 aliphatic heterocycles. The molecule has 0 saturated heterocycles. The van der Waals surface area contributed by atoms with Gasteiger partial charge in [0.15, 0.2) is 0 Å². The Hall–Kier alpha value is -1.76. The molecule has 1 rings (SSSR count). The zero-order valence-corrected chi connectivity index (χ0v) is 9.11. The molecule has 0 fully saturated rings. The lowest BCUT2D eigenvalue weighted by atomic mass is 9.92. The van der Waals surface area contributed by atoms with Crippen LogP contribution in [0.5, 0.6) is 0 Å². The van der Waals surface area contributed by atoms with Crippen molar-refractivity contribution in [2.75, 3.05) is 0 Å². The van der Waals surface area contributed by atoms with E-state index in [2.05, 4.69) is 24.8 Å². The first-order chi connectivity index (χ1) is 7.27. The number of rotatable bonds is 2. The minimum atomic E-state index is 0.893. The van der Waals surface area contributed by atoms with Gasteiger partial charge in [0.25, 0.3) is 0 Å². The van der Waals surface area contributed by atoms with Gasteiger partial charge in [0.1, 0.15) is 0 Å². The highest BCUT2D eigenvalue weighted by atomic mass is 14.5. The largest absolute Gasteiger partial charge is 0.405 e. The van der Waals surface area contributed by atoms with Gasteiger partial charge in [-0.15, -0.1) is 0 Å². The fourth-order valence-corrected chi connectivity index (χ4v) is 1.39. The van der Waals surface area contributed by atoms with Crippen molar-refractivity contribution in [2.45, 2.75) is 13.3 Å². The smallest absolute Gasteiger partial charge is 0.00257 e. The lowest BCUT2D eigenvalue weighted by Gasteiger charge is -2.13. The Morgan fingerprint density at radius 1 is 1.27 bits per heavy atom. The van der Waals surface area contributed by atoms with E-state index in [0.29, 0.717) is 0 Å². The summed E-state index contributed by atoms with van der Waals surface area (Å²) in [4.78, 5) is 0. The van der Waals surface area contributed by atoms with Gasteiger partial charge in [-0.1, -0.05) is 43.0 Å². The molecule has 1 nitrogen and oxygen atoms in total. The van der Waals surface area contributed by atoms with Gasteiger partial charge in [-0.3, -0.25) is 0 Å². The maximum atomic E-state index is 5.28. The Kier molecular flexibility index (Phi) is 4.42. The molecule has 0 bridgehead atoms. The summed E-state index contributed by atoms with van der Waals surface area (Å²) in [6.07, 6.45) is 16.6. The second-order valence-electron chi connectivity index (χ2n) is 3.39. The van der Waals surface area contributed by atoms with Crippen LogP contribution >= 0.6 is 0 Å². The molecule has 78 valence electrons. The second-order valence-corrected chi connectivity index (χ2v) is 3.39. The van der Waals surface area contributed by atoms with Crippen molar-refractivity contribution in [3.8, 4) is 0 Å². The van der Waals surface area contributed by atoms with Crippen LogP contribution < -0.4 is 5.73 Å². The fourth-order valence-electron chi connectivity index (χ4n) is 1.39. The third-order valence-corrected chi connectivity index (χ3v) is 2.19. The van der Waals surface area contributed by atoms with E-state index < -0.39 is 0 Å². The molecule has 2 N–H and O–H groups in total. The van der Waals surface area contributed by atoms with Gasteiger partial charge in [-0.2, -0.15) is 0 Å². The molecule has 0 aromatic heterocycles. The summed E-state index contributed by atoms with van der Waals surface area (Å²) < 4.78 is 0. The third kappa shape index (κ3) is 3.47. The summed E-state index contributed by atoms with van der Waals surface area (Å²) in [6, 6.07) is 0. The van der Waals surface area contributed by atoms with E-state index in [1.807, 2.05) is 31.2 Å². The third-order valence-electron chi connectivity index (χ3n) is 2.19. The Bertz CT molecular complexity index is 376. The number of hydrogen-bond donors (Lipinski definition) is 1. The van der Waals surface area contributed by atoms with Gasteiger partial charge in [0.05, 0.1) is 0 Å². The van der Waals surface area contributed by atoms with Crippen molar-refractivity contribution >= 4 is 0 Å². The van der Waals surface area contributed by atoms with Crippen molar-refractivity contribution in [3.05, 3.63) is 72.0 Å². The summed E-state index contributed by atoms with van der Waals surface area (Å²) in [5.74, 6) is 0. The first-order valence-corrected chi connectivity index (χ1v) is 5.04. The number of hydrogen-bond acceptors (Lipinski definition) is 1. The molecular weight excluding hydrogens is 182 g/mol. The van der Waals surface area contributed by atoms with E-state index in [1.54, 1.807) is 0 Å². The van der Waals surface area contributed by atoms with Gasteiger partial charge in [-0.25, -0.2) is 0 Å². The molecule has 0 atom stereocenters. The van der Waals surface area contributed by atoms with Gasteiger partial charge in [0.2, 0.25) is 0 Å². The average molecular weight is 199 g/mol. The molecule has 0 saturated carbocycles. The predicted octanol–water partition coefficient (Wildman–Crippen LogP) is 3.40. The van der Waals surface area contributed by atoms with E-state index in [9.17, 15) is 0 Å². The molecule has 0 unspecified atom stereocenters. The van der Waals surface area contributed by atoms with Crippen LogP contribution in [0.15, 0.2) is 72.0 Å². The van der Waals surface area contributed by atoms with Gasteiger partial charge in [0, 0.05) is 0 Å². The highest BCUT2D eigenvalue weighted by Gasteiger charge is 2.06. The minimum absolute atomic E-state index is 0.893. The first kappa shape index (κ1) is 11.3. The van der Waals surface area contributed by atoms with Gasteiger partial charge in [-0.05, 0) is 42.3 Å². The fraction of sp³-hybridized carbons (Fsp3) is 0.143. The molecule has 1 aliphatic carbocycles. The van der Waals surface area contributed by atoms with Crippen molar-refractivity contribution < 1.29 is 0 Å². The predicted molar refractivity (Wildman–Crippen MR) is 67.2 cm³/mol. The molecule has 0 heterocycles. The first-order valence-electron chi connectivity index (χ1n) is 5.04. The van der Waals surface area contributed by atoms with Crippen LogP contribution in [0.3, 0.4) is 0 Å². The molecule has 0 radical (unpaired) electrons. The van der Waals surface area contributed by atoms with Crippen LogP contribution in [-0.2, 0) is 0 Å². The molecule has 0 aromatic rings. The summed E-state index contributed by atoms with van der Waals surface area (Å²) in [7, 11) is 0. The van der Waals surface area contributed by atoms with Crippen molar-refractivity contribution in [1.29, 1.82) is 0 Å². The van der Waals surface area contributed by atoms with Crippen LogP contribution in [-0.4, -0.2) is 0 Å². The normalized spacial score (nSPS) is 22.6. The van der Waals surface area contributed by atoms with Crippen molar-refractivity contribution in [1.82, 2.24) is 0 Å². The molecule has 15 heavy (non-hydrogen) atoms. The summed E-state index contributed by atoms with van der Waals surface area (Å²) in [5.41, 5.74) is 8.86. The number of allylic oxidation sites excluding steroid dienone is 10. The van der Waals surface area contributed by atoms with E-state index >= 15 is 0 Å². The van der Waals surface area contributed by atoms with Gasteiger partial charge >= 0.3 is 0 Å². The van der Waals surface area contributed by atoms with E-state index in [-0.39, 0.29) is 0 Å². The zero-order valence-electron chi connectivity index (χ0n) is 9.11. The molecule has 0 spiro atoms. The molecule has 1 aliphatic rings. The Labute approximate surface area is 91.7 Å². The molecular formula is C14H17N. The van der Waals surface area contributed by atoms with E-state index in [4.69, 9.17) is 5.73 Å². The monoisotopic (exact) mass is 199 g/mol. The summed E-state index contributed by atoms with van der Waals surface area (Å²) in [5, 5.41) is 0. The van der Waals surface area contributed by atoms with Crippen LogP contribution in [0.25, 0.3) is 0 Å². The summed E-state index contributed by atoms with van der Waals surface area (Å²) >= 11 is 0. The van der Waals surface area contributed by atoms with Crippen molar-refractivity contribution in [3.63, 3.8) is 0 Å². The SMILES string of the molecule is C=C1C/C(=C\C=C/N)C=C/C1=C/C=C\C. The zero-order chi connectivity index (χ0) is 11.1. The molecule has 0 amide bonds.